The van der Waals surface area contributed by atoms with Gasteiger partial charge in [0.1, 0.15) is 11.3 Å². The summed E-state index contributed by atoms with van der Waals surface area (Å²) in [5, 5.41) is 0. The van der Waals surface area contributed by atoms with Gasteiger partial charge in [0.15, 0.2) is 0 Å². The molecule has 2 aromatic rings. The number of rotatable bonds is 1. The van der Waals surface area contributed by atoms with Crippen LogP contribution in [0.1, 0.15) is 16.8 Å². The predicted octanol–water partition coefficient (Wildman–Crippen LogP) is 0.942. The van der Waals surface area contributed by atoms with E-state index in [0.29, 0.717) is 24.1 Å². The Kier molecular flexibility index (Phi) is 2.87. The second-order valence-corrected chi connectivity index (χ2v) is 4.68. The monoisotopic (exact) mass is 260 g/mol. The van der Waals surface area contributed by atoms with E-state index in [-0.39, 0.29) is 17.5 Å². The molecule has 98 valence electrons. The summed E-state index contributed by atoms with van der Waals surface area (Å²) in [4.78, 5) is 22.2. The Morgan fingerprint density at radius 3 is 2.89 bits per heavy atom. The van der Waals surface area contributed by atoms with Gasteiger partial charge in [-0.1, -0.05) is 0 Å². The van der Waals surface area contributed by atoms with Gasteiger partial charge in [-0.15, -0.1) is 0 Å². The fraction of sp³-hybridized carbons (Fsp3) is 0.308. The lowest BCUT2D eigenvalue weighted by molar-refractivity contribution is 0.0792. The normalized spacial score (nSPS) is 19.1. The molecule has 1 amide bonds. The van der Waals surface area contributed by atoms with Crippen LogP contribution in [0.25, 0.3) is 11.0 Å². The van der Waals surface area contributed by atoms with Crippen molar-refractivity contribution in [3.63, 3.8) is 0 Å². The van der Waals surface area contributed by atoms with Crippen molar-refractivity contribution in [3.8, 4) is 0 Å². The highest BCUT2D eigenvalue weighted by Gasteiger charge is 2.26. The molecule has 0 aliphatic carbocycles. The van der Waals surface area contributed by atoms with Crippen molar-refractivity contribution in [1.82, 2.24) is 14.9 Å². The first kappa shape index (κ1) is 12.0. The van der Waals surface area contributed by atoms with Crippen LogP contribution in [-0.4, -0.2) is 39.9 Å². The number of likely N-dealkylation sites (tertiary alicyclic amines) is 1. The molecule has 0 saturated carbocycles. The molecule has 1 fully saturated rings. The Morgan fingerprint density at radius 2 is 2.16 bits per heavy atom. The SMILES string of the molecule is NC1CCN(C(=O)c2cc(F)cc3nccnc23)C1. The second kappa shape index (κ2) is 4.55. The van der Waals surface area contributed by atoms with Crippen LogP contribution in [0, 0.1) is 5.82 Å². The third kappa shape index (κ3) is 2.15. The molecule has 1 aromatic heterocycles. The van der Waals surface area contributed by atoms with Gasteiger partial charge < -0.3 is 10.6 Å². The third-order valence-electron chi connectivity index (χ3n) is 3.28. The molecule has 2 heterocycles. The molecule has 1 aliphatic heterocycles. The predicted molar refractivity (Wildman–Crippen MR) is 68.0 cm³/mol. The van der Waals surface area contributed by atoms with E-state index in [4.69, 9.17) is 5.73 Å². The van der Waals surface area contributed by atoms with Gasteiger partial charge in [0.05, 0.1) is 11.1 Å². The Hall–Kier alpha value is -2.08. The van der Waals surface area contributed by atoms with Crippen LogP contribution in [0.2, 0.25) is 0 Å². The smallest absolute Gasteiger partial charge is 0.256 e. The second-order valence-electron chi connectivity index (χ2n) is 4.68. The lowest BCUT2D eigenvalue weighted by Gasteiger charge is -2.16. The Bertz CT molecular complexity index is 646. The van der Waals surface area contributed by atoms with Crippen LogP contribution in [0.3, 0.4) is 0 Å². The molecular formula is C13H13FN4O. The number of carbonyl (C=O) groups excluding carboxylic acids is 1. The summed E-state index contributed by atoms with van der Waals surface area (Å²) < 4.78 is 13.6. The summed E-state index contributed by atoms with van der Waals surface area (Å²) in [7, 11) is 0. The summed E-state index contributed by atoms with van der Waals surface area (Å²) in [5.74, 6) is -0.724. The Morgan fingerprint density at radius 1 is 1.37 bits per heavy atom. The number of fused-ring (bicyclic) bond motifs is 1. The van der Waals surface area contributed by atoms with Crippen molar-refractivity contribution < 1.29 is 9.18 Å². The van der Waals surface area contributed by atoms with Gasteiger partial charge in [-0.05, 0) is 12.5 Å². The first-order valence-corrected chi connectivity index (χ1v) is 6.10. The molecule has 0 spiro atoms. The van der Waals surface area contributed by atoms with E-state index in [1.54, 1.807) is 4.90 Å². The largest absolute Gasteiger partial charge is 0.337 e. The molecule has 5 nitrogen and oxygen atoms in total. The fourth-order valence-corrected chi connectivity index (χ4v) is 2.35. The van der Waals surface area contributed by atoms with Gasteiger partial charge in [0.25, 0.3) is 5.91 Å². The first-order chi connectivity index (χ1) is 9.15. The number of aromatic nitrogens is 2. The Balaban J connectivity index is 2.06. The van der Waals surface area contributed by atoms with Crippen LogP contribution < -0.4 is 5.73 Å². The summed E-state index contributed by atoms with van der Waals surface area (Å²) >= 11 is 0. The highest BCUT2D eigenvalue weighted by Crippen LogP contribution is 2.20. The number of hydrogen-bond donors (Lipinski definition) is 1. The minimum atomic E-state index is -0.486. The van der Waals surface area contributed by atoms with Crippen molar-refractivity contribution in [1.29, 1.82) is 0 Å². The minimum absolute atomic E-state index is 0.00476. The average Bonchev–Trinajstić information content (AvgIpc) is 2.83. The minimum Gasteiger partial charge on any atom is -0.337 e. The zero-order valence-electron chi connectivity index (χ0n) is 10.2. The average molecular weight is 260 g/mol. The zero-order chi connectivity index (χ0) is 13.4. The number of nitrogens with zero attached hydrogens (tertiary/aromatic N) is 3. The zero-order valence-corrected chi connectivity index (χ0v) is 10.2. The van der Waals surface area contributed by atoms with Gasteiger partial charge in [-0.3, -0.25) is 14.8 Å². The number of amides is 1. The van der Waals surface area contributed by atoms with Crippen LogP contribution in [0.5, 0.6) is 0 Å². The molecular weight excluding hydrogens is 247 g/mol. The topological polar surface area (TPSA) is 72.1 Å². The van der Waals surface area contributed by atoms with Crippen molar-refractivity contribution >= 4 is 16.9 Å². The first-order valence-electron chi connectivity index (χ1n) is 6.10. The number of halogens is 1. The molecule has 1 unspecified atom stereocenters. The van der Waals surface area contributed by atoms with E-state index in [9.17, 15) is 9.18 Å². The van der Waals surface area contributed by atoms with E-state index in [1.165, 1.54) is 24.5 Å². The molecule has 2 N–H and O–H groups in total. The van der Waals surface area contributed by atoms with Gasteiger partial charge >= 0.3 is 0 Å². The molecule has 1 aromatic carbocycles. The summed E-state index contributed by atoms with van der Waals surface area (Å²) in [6.07, 6.45) is 3.74. The molecule has 1 saturated heterocycles. The standard InChI is InChI=1S/C13H13FN4O/c14-8-5-10(12-11(6-8)16-2-3-17-12)13(19)18-4-1-9(15)7-18/h2-3,5-6,9H,1,4,7,15H2. The van der Waals surface area contributed by atoms with E-state index >= 15 is 0 Å². The van der Waals surface area contributed by atoms with Crippen LogP contribution in [-0.2, 0) is 0 Å². The van der Waals surface area contributed by atoms with Gasteiger partial charge in [0, 0.05) is 37.6 Å². The Labute approximate surface area is 109 Å². The molecule has 19 heavy (non-hydrogen) atoms. The van der Waals surface area contributed by atoms with E-state index in [1.807, 2.05) is 0 Å². The number of hydrogen-bond acceptors (Lipinski definition) is 4. The highest BCUT2D eigenvalue weighted by atomic mass is 19.1. The summed E-state index contributed by atoms with van der Waals surface area (Å²) in [5.41, 5.74) is 6.84. The summed E-state index contributed by atoms with van der Waals surface area (Å²) in [6.45, 7) is 1.09. The van der Waals surface area contributed by atoms with Gasteiger partial charge in [0.2, 0.25) is 0 Å². The molecule has 0 radical (unpaired) electrons. The van der Waals surface area contributed by atoms with Gasteiger partial charge in [-0.25, -0.2) is 4.39 Å². The van der Waals surface area contributed by atoms with Crippen LogP contribution in [0.15, 0.2) is 24.5 Å². The third-order valence-corrected chi connectivity index (χ3v) is 3.28. The number of nitrogens with two attached hydrogens (primary N) is 1. The summed E-state index contributed by atoms with van der Waals surface area (Å²) in [6, 6.07) is 2.48. The van der Waals surface area contributed by atoms with Crippen LogP contribution >= 0.6 is 0 Å². The molecule has 1 atom stereocenters. The lowest BCUT2D eigenvalue weighted by atomic mass is 10.1. The van der Waals surface area contributed by atoms with E-state index < -0.39 is 5.82 Å². The maximum atomic E-state index is 13.6. The molecule has 1 aliphatic rings. The lowest BCUT2D eigenvalue weighted by Crippen LogP contribution is -2.32. The molecule has 0 bridgehead atoms. The van der Waals surface area contributed by atoms with Crippen molar-refractivity contribution in [3.05, 3.63) is 35.9 Å². The van der Waals surface area contributed by atoms with Crippen molar-refractivity contribution in [2.75, 3.05) is 13.1 Å². The molecule has 3 rings (SSSR count). The van der Waals surface area contributed by atoms with Crippen molar-refractivity contribution in [2.24, 2.45) is 5.73 Å². The van der Waals surface area contributed by atoms with E-state index in [0.717, 1.165) is 6.42 Å². The maximum absolute atomic E-state index is 13.6. The molecule has 6 heteroatoms. The highest BCUT2D eigenvalue weighted by molar-refractivity contribution is 6.04. The fourth-order valence-electron chi connectivity index (χ4n) is 2.35. The van der Waals surface area contributed by atoms with Crippen molar-refractivity contribution in [2.45, 2.75) is 12.5 Å². The van der Waals surface area contributed by atoms with E-state index in [2.05, 4.69) is 9.97 Å². The maximum Gasteiger partial charge on any atom is 0.256 e. The quantitative estimate of drug-likeness (QED) is 0.828. The number of benzene rings is 1. The number of carbonyl (C=O) groups is 1. The van der Waals surface area contributed by atoms with Gasteiger partial charge in [-0.2, -0.15) is 0 Å². The van der Waals surface area contributed by atoms with Crippen LogP contribution in [0.4, 0.5) is 4.39 Å².